The number of carbonyl (C=O) groups is 1. The van der Waals surface area contributed by atoms with Gasteiger partial charge in [-0.1, -0.05) is 0 Å². The highest BCUT2D eigenvalue weighted by atomic mass is 19.4. The van der Waals surface area contributed by atoms with Crippen molar-refractivity contribution in [1.29, 1.82) is 0 Å². The van der Waals surface area contributed by atoms with Crippen LogP contribution in [0, 0.1) is 0 Å². The molecule has 0 bridgehead atoms. The van der Waals surface area contributed by atoms with E-state index < -0.39 is 24.3 Å². The van der Waals surface area contributed by atoms with Gasteiger partial charge in [-0.3, -0.25) is 9.78 Å². The van der Waals surface area contributed by atoms with Gasteiger partial charge in [-0.05, 0) is 36.8 Å². The third kappa shape index (κ3) is 5.75. The summed E-state index contributed by atoms with van der Waals surface area (Å²) in [5, 5.41) is 0. The first-order valence-corrected chi connectivity index (χ1v) is 7.42. The number of hydrogen-bond acceptors (Lipinski definition) is 3. The van der Waals surface area contributed by atoms with Crippen molar-refractivity contribution in [2.45, 2.75) is 25.2 Å². The Bertz CT molecular complexity index is 753. The SMILES string of the molecule is O=Cc1cc(OCCCC(F)(F)F)cc(-c2ccc(C(F)(F)F)cn2)c1. The molecule has 26 heavy (non-hydrogen) atoms. The minimum Gasteiger partial charge on any atom is -0.494 e. The average molecular weight is 377 g/mol. The second-order valence-electron chi connectivity index (χ2n) is 5.41. The summed E-state index contributed by atoms with van der Waals surface area (Å²) in [4.78, 5) is 14.7. The molecule has 3 nitrogen and oxygen atoms in total. The molecule has 0 spiro atoms. The second kappa shape index (κ2) is 7.76. The van der Waals surface area contributed by atoms with Crippen LogP contribution < -0.4 is 4.74 Å². The molecule has 2 aromatic rings. The lowest BCUT2D eigenvalue weighted by Gasteiger charge is -2.11. The van der Waals surface area contributed by atoms with E-state index in [4.69, 9.17) is 4.74 Å². The molecule has 0 radical (unpaired) electrons. The van der Waals surface area contributed by atoms with Crippen LogP contribution in [0.2, 0.25) is 0 Å². The highest BCUT2D eigenvalue weighted by Crippen LogP contribution is 2.31. The maximum Gasteiger partial charge on any atom is 0.417 e. The van der Waals surface area contributed by atoms with Crippen molar-refractivity contribution in [3.05, 3.63) is 47.7 Å². The number of carbonyl (C=O) groups excluding carboxylic acids is 1. The van der Waals surface area contributed by atoms with E-state index >= 15 is 0 Å². The topological polar surface area (TPSA) is 39.2 Å². The minimum absolute atomic E-state index is 0.133. The Kier molecular flexibility index (Phi) is 5.89. The Hall–Kier alpha value is -2.58. The summed E-state index contributed by atoms with van der Waals surface area (Å²) < 4.78 is 79.3. The summed E-state index contributed by atoms with van der Waals surface area (Å²) in [5.74, 6) is 0.133. The summed E-state index contributed by atoms with van der Waals surface area (Å²) in [6.45, 7) is -0.221. The lowest BCUT2D eigenvalue weighted by Crippen LogP contribution is -2.09. The largest absolute Gasteiger partial charge is 0.494 e. The van der Waals surface area contributed by atoms with Crippen molar-refractivity contribution in [2.24, 2.45) is 0 Å². The number of pyridine rings is 1. The standard InChI is InChI=1S/C17H13F6NO2/c18-16(19,20)4-1-5-26-14-7-11(10-25)6-12(8-14)15-3-2-13(9-24-15)17(21,22)23/h2-3,6-10H,1,4-5H2. The number of halogens is 6. The maximum absolute atomic E-state index is 12.6. The minimum atomic E-state index is -4.52. The van der Waals surface area contributed by atoms with Crippen LogP contribution in [0.5, 0.6) is 5.75 Å². The molecule has 9 heteroatoms. The van der Waals surface area contributed by atoms with Gasteiger partial charge in [-0.15, -0.1) is 0 Å². The summed E-state index contributed by atoms with van der Waals surface area (Å²) in [6, 6.07) is 6.11. The molecule has 2 rings (SSSR count). The fourth-order valence-electron chi connectivity index (χ4n) is 2.12. The lowest BCUT2D eigenvalue weighted by atomic mass is 10.1. The van der Waals surface area contributed by atoms with Crippen LogP contribution >= 0.6 is 0 Å². The molecule has 0 N–H and O–H groups in total. The predicted octanol–water partition coefficient (Wildman–Crippen LogP) is 5.30. The molecule has 1 aromatic carbocycles. The zero-order valence-electron chi connectivity index (χ0n) is 13.2. The first-order chi connectivity index (χ1) is 12.1. The molecule has 0 fully saturated rings. The van der Waals surface area contributed by atoms with E-state index in [9.17, 15) is 31.1 Å². The van der Waals surface area contributed by atoms with E-state index in [-0.39, 0.29) is 30.0 Å². The average Bonchev–Trinajstić information content (AvgIpc) is 2.57. The number of rotatable bonds is 6. The highest BCUT2D eigenvalue weighted by molar-refractivity contribution is 5.79. The van der Waals surface area contributed by atoms with Gasteiger partial charge in [0.25, 0.3) is 0 Å². The first kappa shape index (κ1) is 19.7. The number of aldehydes is 1. The van der Waals surface area contributed by atoms with Crippen LogP contribution in [0.25, 0.3) is 11.3 Å². The van der Waals surface area contributed by atoms with Gasteiger partial charge in [-0.2, -0.15) is 26.3 Å². The van der Waals surface area contributed by atoms with Gasteiger partial charge in [0.15, 0.2) is 0 Å². The number of hydrogen-bond donors (Lipinski definition) is 0. The normalized spacial score (nSPS) is 12.1. The van der Waals surface area contributed by atoms with Crippen molar-refractivity contribution in [3.8, 4) is 17.0 Å². The van der Waals surface area contributed by atoms with Crippen molar-refractivity contribution in [2.75, 3.05) is 6.61 Å². The predicted molar refractivity (Wildman–Crippen MR) is 80.8 cm³/mol. The fraction of sp³-hybridized carbons (Fsp3) is 0.294. The molecule has 0 atom stereocenters. The van der Waals surface area contributed by atoms with Gasteiger partial charge in [0, 0.05) is 23.7 Å². The Labute approximate surface area is 144 Å². The molecule has 0 saturated heterocycles. The van der Waals surface area contributed by atoms with E-state index in [0.29, 0.717) is 18.0 Å². The summed E-state index contributed by atoms with van der Waals surface area (Å²) in [6.07, 6.45) is -8.93. The van der Waals surface area contributed by atoms with E-state index in [1.165, 1.54) is 18.2 Å². The number of nitrogens with zero attached hydrogens (tertiary/aromatic N) is 1. The number of ether oxygens (including phenoxy) is 1. The van der Waals surface area contributed by atoms with Crippen molar-refractivity contribution >= 4 is 6.29 Å². The van der Waals surface area contributed by atoms with Crippen LogP contribution in [-0.4, -0.2) is 24.1 Å². The van der Waals surface area contributed by atoms with Crippen LogP contribution in [0.1, 0.15) is 28.8 Å². The smallest absolute Gasteiger partial charge is 0.417 e. The molecule has 0 aliphatic rings. The monoisotopic (exact) mass is 377 g/mol. The van der Waals surface area contributed by atoms with Gasteiger partial charge >= 0.3 is 12.4 Å². The third-order valence-electron chi connectivity index (χ3n) is 3.32. The zero-order valence-corrected chi connectivity index (χ0v) is 13.2. The molecule has 1 aromatic heterocycles. The van der Waals surface area contributed by atoms with Gasteiger partial charge < -0.3 is 4.74 Å². The zero-order chi connectivity index (χ0) is 19.4. The van der Waals surface area contributed by atoms with E-state index in [1.54, 1.807) is 0 Å². The molecule has 0 aliphatic carbocycles. The second-order valence-corrected chi connectivity index (χ2v) is 5.41. The first-order valence-electron chi connectivity index (χ1n) is 7.42. The van der Waals surface area contributed by atoms with Gasteiger partial charge in [0.1, 0.15) is 12.0 Å². The van der Waals surface area contributed by atoms with Crippen LogP contribution in [0.15, 0.2) is 36.5 Å². The lowest BCUT2D eigenvalue weighted by molar-refractivity contribution is -0.138. The molecule has 0 amide bonds. The molecule has 0 unspecified atom stereocenters. The van der Waals surface area contributed by atoms with Crippen LogP contribution in [0.4, 0.5) is 26.3 Å². The molecular weight excluding hydrogens is 364 g/mol. The third-order valence-corrected chi connectivity index (χ3v) is 3.32. The molecule has 140 valence electrons. The molecule has 0 aliphatic heterocycles. The Morgan fingerprint density at radius 2 is 1.77 bits per heavy atom. The Morgan fingerprint density at radius 1 is 1.04 bits per heavy atom. The molecular formula is C17H13F6NO2. The van der Waals surface area contributed by atoms with Crippen LogP contribution in [0.3, 0.4) is 0 Å². The van der Waals surface area contributed by atoms with E-state index in [0.717, 1.165) is 12.1 Å². The van der Waals surface area contributed by atoms with E-state index in [2.05, 4.69) is 4.98 Å². The van der Waals surface area contributed by atoms with Crippen LogP contribution in [-0.2, 0) is 6.18 Å². The van der Waals surface area contributed by atoms with Gasteiger partial charge in [-0.25, -0.2) is 0 Å². The van der Waals surface area contributed by atoms with Gasteiger partial charge in [0.2, 0.25) is 0 Å². The number of benzene rings is 1. The van der Waals surface area contributed by atoms with Crippen molar-refractivity contribution in [3.63, 3.8) is 0 Å². The molecule has 0 saturated carbocycles. The van der Waals surface area contributed by atoms with E-state index in [1.807, 2.05) is 0 Å². The number of aromatic nitrogens is 1. The van der Waals surface area contributed by atoms with Crippen molar-refractivity contribution < 1.29 is 35.9 Å². The maximum atomic E-state index is 12.6. The Morgan fingerprint density at radius 3 is 2.31 bits per heavy atom. The molecule has 1 heterocycles. The summed E-state index contributed by atoms with van der Waals surface area (Å²) in [7, 11) is 0. The Balaban J connectivity index is 2.17. The number of alkyl halides is 6. The highest BCUT2D eigenvalue weighted by Gasteiger charge is 2.30. The van der Waals surface area contributed by atoms with Crippen molar-refractivity contribution in [1.82, 2.24) is 4.98 Å². The summed E-state index contributed by atoms with van der Waals surface area (Å²) in [5.41, 5.74) is -0.276. The van der Waals surface area contributed by atoms with Gasteiger partial charge in [0.05, 0.1) is 17.9 Å². The summed E-state index contributed by atoms with van der Waals surface area (Å²) >= 11 is 0. The quantitative estimate of drug-likeness (QED) is 0.390. The fourth-order valence-corrected chi connectivity index (χ4v) is 2.12.